The molecule has 0 aliphatic carbocycles. The third-order valence-corrected chi connectivity index (χ3v) is 2.24. The number of carboxylic acid groups (broad SMARTS) is 1. The fourth-order valence-electron chi connectivity index (χ4n) is 1.39. The molecule has 0 unspecified atom stereocenters. The number of hydrogen-bond acceptors (Lipinski definition) is 3. The van der Waals surface area contributed by atoms with Crippen LogP contribution in [-0.4, -0.2) is 47.2 Å². The van der Waals surface area contributed by atoms with Crippen LogP contribution < -0.4 is 0 Å². The van der Waals surface area contributed by atoms with E-state index < -0.39 is 5.97 Å². The Bertz CT molecular complexity index is 251. The molecular formula is C12H23NO4. The summed E-state index contributed by atoms with van der Waals surface area (Å²) in [6, 6.07) is -0.0929. The second-order valence-corrected chi connectivity index (χ2v) is 4.53. The number of carbonyl (C=O) groups is 2. The van der Waals surface area contributed by atoms with Crippen molar-refractivity contribution in [1.29, 1.82) is 0 Å². The highest BCUT2D eigenvalue weighted by atomic mass is 16.5. The average molecular weight is 245 g/mol. The Hall–Kier alpha value is -1.10. The van der Waals surface area contributed by atoms with Crippen LogP contribution in [0.1, 0.15) is 40.5 Å². The van der Waals surface area contributed by atoms with E-state index in [1.807, 2.05) is 27.7 Å². The number of carbonyl (C=O) groups excluding carboxylic acids is 1. The van der Waals surface area contributed by atoms with E-state index in [2.05, 4.69) is 0 Å². The third kappa shape index (κ3) is 7.74. The summed E-state index contributed by atoms with van der Waals surface area (Å²) in [7, 11) is 0. The van der Waals surface area contributed by atoms with Crippen LogP contribution >= 0.6 is 0 Å². The first-order chi connectivity index (χ1) is 7.84. The van der Waals surface area contributed by atoms with E-state index in [0.717, 1.165) is 0 Å². The fraction of sp³-hybridized carbons (Fsp3) is 0.833. The molecule has 100 valence electrons. The second-order valence-electron chi connectivity index (χ2n) is 4.53. The number of rotatable bonds is 8. The molecule has 5 heteroatoms. The van der Waals surface area contributed by atoms with Crippen LogP contribution in [-0.2, 0) is 14.3 Å². The van der Waals surface area contributed by atoms with Crippen molar-refractivity contribution in [1.82, 2.24) is 4.90 Å². The first-order valence-electron chi connectivity index (χ1n) is 5.97. The number of ether oxygens (including phenoxy) is 1. The van der Waals surface area contributed by atoms with Gasteiger partial charge >= 0.3 is 5.97 Å². The van der Waals surface area contributed by atoms with E-state index in [9.17, 15) is 9.59 Å². The van der Waals surface area contributed by atoms with Crippen LogP contribution in [0.25, 0.3) is 0 Å². The van der Waals surface area contributed by atoms with Gasteiger partial charge in [-0.05, 0) is 34.1 Å². The predicted molar refractivity (Wildman–Crippen MR) is 64.8 cm³/mol. The minimum atomic E-state index is -0.981. The first kappa shape index (κ1) is 15.9. The van der Waals surface area contributed by atoms with E-state index in [-0.39, 0.29) is 24.6 Å². The summed E-state index contributed by atoms with van der Waals surface area (Å²) in [6.45, 7) is 7.79. The smallest absolute Gasteiger partial charge is 0.323 e. The molecule has 1 amide bonds. The van der Waals surface area contributed by atoms with Gasteiger partial charge in [-0.3, -0.25) is 9.59 Å². The van der Waals surface area contributed by atoms with Gasteiger partial charge in [0, 0.05) is 19.1 Å². The Morgan fingerprint density at radius 2 is 1.82 bits per heavy atom. The summed E-state index contributed by atoms with van der Waals surface area (Å²) in [5, 5.41) is 8.71. The van der Waals surface area contributed by atoms with E-state index in [1.54, 1.807) is 0 Å². The predicted octanol–water partition coefficient (Wildman–Crippen LogP) is 1.51. The summed E-state index contributed by atoms with van der Waals surface area (Å²) in [6.07, 6.45) is 1.11. The zero-order chi connectivity index (χ0) is 13.4. The molecule has 5 nitrogen and oxygen atoms in total. The van der Waals surface area contributed by atoms with E-state index in [1.165, 1.54) is 4.90 Å². The molecule has 0 saturated heterocycles. The molecule has 0 bridgehead atoms. The number of nitrogens with zero attached hydrogens (tertiary/aromatic N) is 1. The van der Waals surface area contributed by atoms with Gasteiger partial charge in [-0.15, -0.1) is 0 Å². The zero-order valence-electron chi connectivity index (χ0n) is 11.1. The average Bonchev–Trinajstić information content (AvgIpc) is 2.19. The lowest BCUT2D eigenvalue weighted by Gasteiger charge is -2.24. The summed E-state index contributed by atoms with van der Waals surface area (Å²) >= 11 is 0. The molecule has 0 aromatic carbocycles. The van der Waals surface area contributed by atoms with Crippen molar-refractivity contribution < 1.29 is 19.4 Å². The molecule has 0 aromatic heterocycles. The SMILES string of the molecule is CC(C)OCCCC(=O)N(CC(=O)O)C(C)C. The standard InChI is InChI=1S/C12H23NO4/c1-9(2)13(8-12(15)16)11(14)6-5-7-17-10(3)4/h9-10H,5-8H2,1-4H3,(H,15,16). The summed E-state index contributed by atoms with van der Waals surface area (Å²) < 4.78 is 5.33. The Balaban J connectivity index is 4.02. The van der Waals surface area contributed by atoms with Gasteiger partial charge in [-0.1, -0.05) is 0 Å². The zero-order valence-corrected chi connectivity index (χ0v) is 11.1. The van der Waals surface area contributed by atoms with Gasteiger partial charge in [0.2, 0.25) is 5.91 Å². The lowest BCUT2D eigenvalue weighted by Crippen LogP contribution is -2.40. The molecule has 0 aliphatic rings. The molecule has 0 rings (SSSR count). The van der Waals surface area contributed by atoms with Gasteiger partial charge in [0.25, 0.3) is 0 Å². The highest BCUT2D eigenvalue weighted by molar-refractivity contribution is 5.81. The van der Waals surface area contributed by atoms with Crippen molar-refractivity contribution >= 4 is 11.9 Å². The highest BCUT2D eigenvalue weighted by Crippen LogP contribution is 2.04. The van der Waals surface area contributed by atoms with Crippen LogP contribution in [0.5, 0.6) is 0 Å². The van der Waals surface area contributed by atoms with Crippen molar-refractivity contribution in [2.45, 2.75) is 52.7 Å². The van der Waals surface area contributed by atoms with Gasteiger partial charge < -0.3 is 14.7 Å². The van der Waals surface area contributed by atoms with Gasteiger partial charge in [-0.2, -0.15) is 0 Å². The molecule has 1 N–H and O–H groups in total. The molecule has 17 heavy (non-hydrogen) atoms. The van der Waals surface area contributed by atoms with Crippen LogP contribution in [0, 0.1) is 0 Å². The maximum absolute atomic E-state index is 11.8. The minimum absolute atomic E-state index is 0.0929. The minimum Gasteiger partial charge on any atom is -0.480 e. The lowest BCUT2D eigenvalue weighted by molar-refractivity contribution is -0.145. The van der Waals surface area contributed by atoms with Crippen LogP contribution in [0.15, 0.2) is 0 Å². The Kier molecular flexibility index (Phi) is 7.54. The van der Waals surface area contributed by atoms with Crippen molar-refractivity contribution in [3.8, 4) is 0 Å². The van der Waals surface area contributed by atoms with Gasteiger partial charge in [0.15, 0.2) is 0 Å². The molecule has 0 aliphatic heterocycles. The Labute approximate surface area is 103 Å². The third-order valence-electron chi connectivity index (χ3n) is 2.24. The van der Waals surface area contributed by atoms with Crippen molar-refractivity contribution in [3.63, 3.8) is 0 Å². The molecule has 0 aromatic rings. The Morgan fingerprint density at radius 1 is 1.24 bits per heavy atom. The van der Waals surface area contributed by atoms with E-state index in [4.69, 9.17) is 9.84 Å². The van der Waals surface area contributed by atoms with Crippen molar-refractivity contribution in [2.24, 2.45) is 0 Å². The summed E-state index contributed by atoms with van der Waals surface area (Å²) in [5.41, 5.74) is 0. The monoisotopic (exact) mass is 245 g/mol. The maximum atomic E-state index is 11.8. The number of carboxylic acids is 1. The van der Waals surface area contributed by atoms with Crippen LogP contribution in [0.3, 0.4) is 0 Å². The van der Waals surface area contributed by atoms with Crippen molar-refractivity contribution in [2.75, 3.05) is 13.2 Å². The molecule has 0 fully saturated rings. The summed E-state index contributed by atoms with van der Waals surface area (Å²) in [4.78, 5) is 23.8. The Morgan fingerprint density at radius 3 is 2.24 bits per heavy atom. The van der Waals surface area contributed by atoms with E-state index >= 15 is 0 Å². The van der Waals surface area contributed by atoms with Crippen molar-refractivity contribution in [3.05, 3.63) is 0 Å². The van der Waals surface area contributed by atoms with Crippen LogP contribution in [0.4, 0.5) is 0 Å². The normalized spacial score (nSPS) is 10.9. The molecule has 0 radical (unpaired) electrons. The highest BCUT2D eigenvalue weighted by Gasteiger charge is 2.19. The maximum Gasteiger partial charge on any atom is 0.323 e. The van der Waals surface area contributed by atoms with Crippen LogP contribution in [0.2, 0.25) is 0 Å². The van der Waals surface area contributed by atoms with Gasteiger partial charge in [0.05, 0.1) is 6.10 Å². The topological polar surface area (TPSA) is 66.8 Å². The lowest BCUT2D eigenvalue weighted by atomic mass is 10.2. The molecule has 0 saturated carbocycles. The van der Waals surface area contributed by atoms with Gasteiger partial charge in [-0.25, -0.2) is 0 Å². The second kappa shape index (κ2) is 8.06. The fourth-order valence-corrected chi connectivity index (χ4v) is 1.39. The number of aliphatic carboxylic acids is 1. The first-order valence-corrected chi connectivity index (χ1v) is 5.97. The molecule has 0 atom stereocenters. The molecule has 0 heterocycles. The molecule has 0 spiro atoms. The number of hydrogen-bond donors (Lipinski definition) is 1. The number of amides is 1. The quantitative estimate of drug-likeness (QED) is 0.658. The van der Waals surface area contributed by atoms with E-state index in [0.29, 0.717) is 19.4 Å². The molecular weight excluding hydrogens is 222 g/mol. The summed E-state index contributed by atoms with van der Waals surface area (Å²) in [5.74, 6) is -1.11. The largest absolute Gasteiger partial charge is 0.480 e. The van der Waals surface area contributed by atoms with Gasteiger partial charge in [0.1, 0.15) is 6.54 Å².